The molecule has 2 heteroatoms. The van der Waals surface area contributed by atoms with E-state index >= 15 is 0 Å². The minimum atomic E-state index is -0.159. The lowest BCUT2D eigenvalue weighted by Crippen LogP contribution is -2.24. The predicted molar refractivity (Wildman–Crippen MR) is 103 cm³/mol. The normalized spacial score (nSPS) is 31.0. The molecule has 0 spiro atoms. The van der Waals surface area contributed by atoms with Crippen molar-refractivity contribution in [2.45, 2.75) is 86.2 Å². The molecule has 0 amide bonds. The van der Waals surface area contributed by atoms with Gasteiger partial charge in [0.1, 0.15) is 6.10 Å². The number of ether oxygens (including phenoxy) is 1. The van der Waals surface area contributed by atoms with Crippen molar-refractivity contribution in [3.05, 3.63) is 34.9 Å². The van der Waals surface area contributed by atoms with Gasteiger partial charge >= 0.3 is 5.97 Å². The van der Waals surface area contributed by atoms with Crippen molar-refractivity contribution in [1.29, 1.82) is 0 Å². The summed E-state index contributed by atoms with van der Waals surface area (Å²) in [6.45, 7) is 12.7. The van der Waals surface area contributed by atoms with Crippen LogP contribution in [0.5, 0.6) is 0 Å². The van der Waals surface area contributed by atoms with E-state index in [4.69, 9.17) is 4.74 Å². The first-order valence-corrected chi connectivity index (χ1v) is 9.48. The molecular weight excluding hydrogens is 296 g/mol. The number of esters is 1. The van der Waals surface area contributed by atoms with Crippen molar-refractivity contribution >= 4 is 5.97 Å². The summed E-state index contributed by atoms with van der Waals surface area (Å²) in [5, 5.41) is 0. The van der Waals surface area contributed by atoms with Crippen LogP contribution < -0.4 is 0 Å². The Kier molecular flexibility index (Phi) is 9.10. The molecule has 0 radical (unpaired) electrons. The maximum atomic E-state index is 11.5. The molecule has 0 aromatic rings. The van der Waals surface area contributed by atoms with Gasteiger partial charge in [-0.25, -0.2) is 0 Å². The number of allylic oxidation sites excluding steroid dienone is 6. The highest BCUT2D eigenvalue weighted by Crippen LogP contribution is 2.26. The van der Waals surface area contributed by atoms with E-state index in [2.05, 4.69) is 52.8 Å². The van der Waals surface area contributed by atoms with E-state index in [1.165, 1.54) is 23.6 Å². The van der Waals surface area contributed by atoms with Crippen molar-refractivity contribution in [1.82, 2.24) is 0 Å². The molecule has 0 aromatic carbocycles. The lowest BCUT2D eigenvalue weighted by Gasteiger charge is -2.25. The number of rotatable bonds is 2. The third kappa shape index (κ3) is 7.99. The zero-order chi connectivity index (χ0) is 18.1. The minimum absolute atomic E-state index is 0.0273. The second kappa shape index (κ2) is 10.5. The average molecular weight is 333 g/mol. The zero-order valence-electron chi connectivity index (χ0n) is 16.5. The van der Waals surface area contributed by atoms with Crippen LogP contribution in [0.2, 0.25) is 0 Å². The van der Waals surface area contributed by atoms with Gasteiger partial charge in [-0.2, -0.15) is 0 Å². The van der Waals surface area contributed by atoms with Crippen molar-refractivity contribution in [3.63, 3.8) is 0 Å². The summed E-state index contributed by atoms with van der Waals surface area (Å²) in [5.74, 6) is 0.785. The second-order valence-corrected chi connectivity index (χ2v) is 7.70. The van der Waals surface area contributed by atoms with Crippen LogP contribution in [-0.2, 0) is 9.53 Å². The third-order valence-corrected chi connectivity index (χ3v) is 5.02. The quantitative estimate of drug-likeness (QED) is 0.433. The van der Waals surface area contributed by atoms with Gasteiger partial charge in [0.25, 0.3) is 0 Å². The van der Waals surface area contributed by atoms with Gasteiger partial charge in [0.05, 0.1) is 0 Å². The maximum absolute atomic E-state index is 11.5. The molecule has 1 aliphatic rings. The molecular formula is C22H36O2. The molecule has 2 nitrogen and oxygen atoms in total. The maximum Gasteiger partial charge on any atom is 0.302 e. The highest BCUT2D eigenvalue weighted by atomic mass is 16.5. The molecule has 0 saturated heterocycles. The van der Waals surface area contributed by atoms with Crippen molar-refractivity contribution in [2.75, 3.05) is 0 Å². The van der Waals surface area contributed by atoms with Gasteiger partial charge < -0.3 is 4.74 Å². The molecule has 24 heavy (non-hydrogen) atoms. The fourth-order valence-electron chi connectivity index (χ4n) is 3.17. The van der Waals surface area contributed by atoms with E-state index in [-0.39, 0.29) is 12.1 Å². The third-order valence-electron chi connectivity index (χ3n) is 5.02. The molecule has 0 heterocycles. The Morgan fingerprint density at radius 2 is 1.79 bits per heavy atom. The predicted octanol–water partition coefficient (Wildman–Crippen LogP) is 6.38. The molecule has 0 fully saturated rings. The van der Waals surface area contributed by atoms with Gasteiger partial charge in [-0.1, -0.05) is 55.7 Å². The molecule has 0 aliphatic heterocycles. The van der Waals surface area contributed by atoms with Crippen molar-refractivity contribution in [2.24, 2.45) is 11.8 Å². The van der Waals surface area contributed by atoms with E-state index < -0.39 is 0 Å². The second-order valence-electron chi connectivity index (χ2n) is 7.70. The van der Waals surface area contributed by atoms with E-state index in [1.807, 2.05) is 0 Å². The summed E-state index contributed by atoms with van der Waals surface area (Å²) in [6, 6.07) is 0. The molecule has 0 saturated carbocycles. The number of carbonyl (C=O) groups excluding carboxylic acids is 1. The van der Waals surface area contributed by atoms with E-state index in [9.17, 15) is 4.79 Å². The fourth-order valence-corrected chi connectivity index (χ4v) is 3.17. The summed E-state index contributed by atoms with van der Waals surface area (Å²) >= 11 is 0. The zero-order valence-corrected chi connectivity index (χ0v) is 16.5. The summed E-state index contributed by atoms with van der Waals surface area (Å²) < 4.78 is 5.63. The summed E-state index contributed by atoms with van der Waals surface area (Å²) in [4.78, 5) is 11.5. The number of hydrogen-bond donors (Lipinski definition) is 0. The van der Waals surface area contributed by atoms with Crippen LogP contribution in [0, 0.1) is 11.8 Å². The lowest BCUT2D eigenvalue weighted by molar-refractivity contribution is -0.149. The van der Waals surface area contributed by atoms with E-state index in [1.54, 1.807) is 0 Å². The number of hydrogen-bond acceptors (Lipinski definition) is 2. The topological polar surface area (TPSA) is 26.3 Å². The van der Waals surface area contributed by atoms with Gasteiger partial charge in [-0.3, -0.25) is 4.79 Å². The minimum Gasteiger partial charge on any atom is -0.462 e. The largest absolute Gasteiger partial charge is 0.462 e. The lowest BCUT2D eigenvalue weighted by atomic mass is 9.88. The van der Waals surface area contributed by atoms with E-state index in [0.29, 0.717) is 11.8 Å². The highest BCUT2D eigenvalue weighted by Gasteiger charge is 2.21. The van der Waals surface area contributed by atoms with Crippen molar-refractivity contribution in [3.8, 4) is 0 Å². The molecule has 2 atom stereocenters. The first-order valence-electron chi connectivity index (χ1n) is 9.48. The highest BCUT2D eigenvalue weighted by molar-refractivity contribution is 5.66. The first kappa shape index (κ1) is 20.7. The standard InChI is InChI=1S/C22H36O2/c1-16(2)21-13-10-17(3)8-7-9-18(4)11-15-22(24-20(6)23)19(5)12-14-21/h9-10,13,16,19,22H,7-8,11-12,14-15H2,1-6H3/b17-10+,18-9+,21-13+. The Bertz CT molecular complexity index is 494. The Morgan fingerprint density at radius 3 is 2.42 bits per heavy atom. The van der Waals surface area contributed by atoms with Gasteiger partial charge in [0.15, 0.2) is 0 Å². The Morgan fingerprint density at radius 1 is 1.08 bits per heavy atom. The SMILES string of the molecule is CC(=O)OC1CC/C(C)=C/CC/C(C)=C/C=C(/C(C)C)CCC1C. The van der Waals surface area contributed by atoms with Crippen LogP contribution in [0.3, 0.4) is 0 Å². The molecule has 2 unspecified atom stereocenters. The van der Waals surface area contributed by atoms with Crippen LogP contribution in [0.15, 0.2) is 34.9 Å². The number of carbonyl (C=O) groups is 1. The van der Waals surface area contributed by atoms with Crippen LogP contribution in [0.4, 0.5) is 0 Å². The van der Waals surface area contributed by atoms with Crippen LogP contribution in [-0.4, -0.2) is 12.1 Å². The Balaban J connectivity index is 2.97. The van der Waals surface area contributed by atoms with Gasteiger partial charge in [0, 0.05) is 6.92 Å². The Labute approximate surface area is 149 Å². The smallest absolute Gasteiger partial charge is 0.302 e. The molecule has 136 valence electrons. The van der Waals surface area contributed by atoms with Crippen LogP contribution >= 0.6 is 0 Å². The molecule has 1 rings (SSSR count). The average Bonchev–Trinajstić information content (AvgIpc) is 2.49. The summed E-state index contributed by atoms with van der Waals surface area (Å²) in [7, 11) is 0. The van der Waals surface area contributed by atoms with Gasteiger partial charge in [-0.05, 0) is 64.2 Å². The van der Waals surface area contributed by atoms with Gasteiger partial charge in [-0.15, -0.1) is 0 Å². The summed E-state index contributed by atoms with van der Waals surface area (Å²) in [6.07, 6.45) is 13.3. The summed E-state index contributed by atoms with van der Waals surface area (Å²) in [5.41, 5.74) is 4.34. The monoisotopic (exact) mass is 332 g/mol. The molecule has 0 bridgehead atoms. The van der Waals surface area contributed by atoms with E-state index in [0.717, 1.165) is 38.5 Å². The molecule has 0 N–H and O–H groups in total. The molecule has 0 aromatic heterocycles. The Hall–Kier alpha value is -1.31. The fraction of sp³-hybridized carbons (Fsp3) is 0.682. The van der Waals surface area contributed by atoms with Crippen molar-refractivity contribution < 1.29 is 9.53 Å². The van der Waals surface area contributed by atoms with Crippen LogP contribution in [0.1, 0.15) is 80.1 Å². The van der Waals surface area contributed by atoms with Gasteiger partial charge in [0.2, 0.25) is 0 Å². The first-order chi connectivity index (χ1) is 11.3. The van der Waals surface area contributed by atoms with Crippen LogP contribution in [0.25, 0.3) is 0 Å². The molecule has 1 aliphatic carbocycles.